The van der Waals surface area contributed by atoms with Crippen molar-refractivity contribution in [3.63, 3.8) is 0 Å². The van der Waals surface area contributed by atoms with Gasteiger partial charge in [-0.2, -0.15) is 0 Å². The van der Waals surface area contributed by atoms with E-state index in [0.717, 1.165) is 12.8 Å². The van der Waals surface area contributed by atoms with Crippen molar-refractivity contribution in [1.82, 2.24) is 0 Å². The van der Waals surface area contributed by atoms with E-state index in [1.54, 1.807) is 27.7 Å². The highest BCUT2D eigenvalue weighted by atomic mass is 17.2. The van der Waals surface area contributed by atoms with Crippen molar-refractivity contribution in [3.05, 3.63) is 0 Å². The van der Waals surface area contributed by atoms with Gasteiger partial charge in [0.1, 0.15) is 5.60 Å². The van der Waals surface area contributed by atoms with E-state index in [9.17, 15) is 15.0 Å². The number of aliphatic carboxylic acids is 1. The van der Waals surface area contributed by atoms with Crippen LogP contribution in [-0.2, 0) is 14.6 Å². The SMILES string of the molecule is CCCCC(C(=O)[O-])C(C)OOC(C)(C)CC(C)O. The molecule has 3 unspecified atom stereocenters. The topological polar surface area (TPSA) is 78.8 Å². The van der Waals surface area contributed by atoms with Crippen LogP contribution in [0.5, 0.6) is 0 Å². The molecule has 3 atom stereocenters. The number of carboxylic acid groups (broad SMARTS) is 1. The van der Waals surface area contributed by atoms with Gasteiger partial charge in [-0.3, -0.25) is 0 Å². The molecule has 0 aromatic rings. The van der Waals surface area contributed by atoms with Gasteiger partial charge in [0.25, 0.3) is 0 Å². The van der Waals surface area contributed by atoms with E-state index in [0.29, 0.717) is 12.8 Å². The van der Waals surface area contributed by atoms with Gasteiger partial charge in [-0.1, -0.05) is 19.8 Å². The summed E-state index contributed by atoms with van der Waals surface area (Å²) in [6, 6.07) is 0. The van der Waals surface area contributed by atoms with Crippen molar-refractivity contribution in [1.29, 1.82) is 0 Å². The molecule has 0 fully saturated rings. The third-order valence-corrected chi connectivity index (χ3v) is 2.95. The first-order valence-electron chi connectivity index (χ1n) is 6.93. The molecular formula is C14H27O5-. The second-order valence-corrected chi connectivity index (χ2v) is 5.77. The summed E-state index contributed by atoms with van der Waals surface area (Å²) in [6.07, 6.45) is 1.56. The lowest BCUT2D eigenvalue weighted by atomic mass is 9.97. The Morgan fingerprint density at radius 3 is 2.37 bits per heavy atom. The van der Waals surface area contributed by atoms with Gasteiger partial charge in [-0.25, -0.2) is 9.78 Å². The Morgan fingerprint density at radius 2 is 1.95 bits per heavy atom. The first-order chi connectivity index (χ1) is 8.69. The van der Waals surface area contributed by atoms with Gasteiger partial charge in [0.15, 0.2) is 0 Å². The third kappa shape index (κ3) is 8.18. The number of carbonyl (C=O) groups is 1. The average Bonchev–Trinajstić information content (AvgIpc) is 2.25. The first kappa shape index (κ1) is 18.4. The van der Waals surface area contributed by atoms with Gasteiger partial charge in [0, 0.05) is 18.3 Å². The van der Waals surface area contributed by atoms with Gasteiger partial charge in [-0.05, 0) is 34.1 Å². The molecule has 0 aromatic carbocycles. The highest BCUT2D eigenvalue weighted by Gasteiger charge is 2.26. The Kier molecular flexibility index (Phi) is 8.22. The predicted molar refractivity (Wildman–Crippen MR) is 70.0 cm³/mol. The standard InChI is InChI=1S/C14H28O5/c1-6-7-8-12(13(16)17)11(3)18-19-14(4,5)9-10(2)15/h10-12,15H,6-9H2,1-5H3,(H,16,17)/p-1. The molecule has 0 aliphatic heterocycles. The van der Waals surface area contributed by atoms with Crippen LogP contribution < -0.4 is 5.11 Å². The molecule has 0 aromatic heterocycles. The molecule has 0 saturated heterocycles. The van der Waals surface area contributed by atoms with E-state index in [1.165, 1.54) is 0 Å². The molecule has 114 valence electrons. The molecule has 5 nitrogen and oxygen atoms in total. The van der Waals surface area contributed by atoms with Crippen LogP contribution in [0.4, 0.5) is 0 Å². The van der Waals surface area contributed by atoms with Crippen molar-refractivity contribution in [2.45, 2.75) is 78.1 Å². The minimum absolute atomic E-state index is 0.407. The zero-order valence-corrected chi connectivity index (χ0v) is 12.6. The monoisotopic (exact) mass is 275 g/mol. The third-order valence-electron chi connectivity index (χ3n) is 2.95. The van der Waals surface area contributed by atoms with Gasteiger partial charge in [0.2, 0.25) is 0 Å². The number of carboxylic acids is 1. The van der Waals surface area contributed by atoms with Gasteiger partial charge in [-0.15, -0.1) is 0 Å². The molecule has 5 heteroatoms. The lowest BCUT2D eigenvalue weighted by Crippen LogP contribution is -2.40. The highest BCUT2D eigenvalue weighted by molar-refractivity contribution is 5.68. The maximum Gasteiger partial charge on any atom is 0.100 e. The summed E-state index contributed by atoms with van der Waals surface area (Å²) in [7, 11) is 0. The first-order valence-corrected chi connectivity index (χ1v) is 6.93. The van der Waals surface area contributed by atoms with Crippen molar-refractivity contribution in [2.24, 2.45) is 5.92 Å². The summed E-state index contributed by atoms with van der Waals surface area (Å²) < 4.78 is 0. The summed E-state index contributed by atoms with van der Waals surface area (Å²) in [4.78, 5) is 21.5. The Labute approximate surface area is 115 Å². The van der Waals surface area contributed by atoms with Crippen LogP contribution in [0.1, 0.15) is 60.3 Å². The molecular weight excluding hydrogens is 248 g/mol. The fourth-order valence-corrected chi connectivity index (χ4v) is 1.99. The van der Waals surface area contributed by atoms with E-state index in [4.69, 9.17) is 9.78 Å². The number of unbranched alkanes of at least 4 members (excludes halogenated alkanes) is 1. The number of aliphatic hydroxyl groups is 1. The van der Waals surface area contributed by atoms with E-state index < -0.39 is 29.7 Å². The largest absolute Gasteiger partial charge is 0.550 e. The van der Waals surface area contributed by atoms with Crippen molar-refractivity contribution >= 4 is 5.97 Å². The summed E-state index contributed by atoms with van der Waals surface area (Å²) >= 11 is 0. The molecule has 0 aliphatic rings. The Bertz CT molecular complexity index is 263. The summed E-state index contributed by atoms with van der Waals surface area (Å²) in [6.45, 7) is 8.90. The van der Waals surface area contributed by atoms with Crippen LogP contribution in [0.3, 0.4) is 0 Å². The fraction of sp³-hybridized carbons (Fsp3) is 0.929. The number of aliphatic hydroxyl groups excluding tert-OH is 1. The van der Waals surface area contributed by atoms with Crippen LogP contribution in [-0.4, -0.2) is 28.9 Å². The smallest absolute Gasteiger partial charge is 0.100 e. The molecule has 0 bridgehead atoms. The van der Waals surface area contributed by atoms with Gasteiger partial charge in [0.05, 0.1) is 12.2 Å². The maximum absolute atomic E-state index is 11.1. The van der Waals surface area contributed by atoms with Crippen LogP contribution in [0.2, 0.25) is 0 Å². The van der Waals surface area contributed by atoms with Crippen LogP contribution in [0.25, 0.3) is 0 Å². The lowest BCUT2D eigenvalue weighted by molar-refractivity contribution is -0.389. The Morgan fingerprint density at radius 1 is 1.37 bits per heavy atom. The van der Waals surface area contributed by atoms with Crippen molar-refractivity contribution < 1.29 is 24.8 Å². The normalized spacial score (nSPS) is 16.9. The van der Waals surface area contributed by atoms with Crippen LogP contribution >= 0.6 is 0 Å². The molecule has 0 spiro atoms. The molecule has 0 amide bonds. The lowest BCUT2D eigenvalue weighted by Gasteiger charge is -2.30. The fourth-order valence-electron chi connectivity index (χ4n) is 1.99. The Balaban J connectivity index is 4.32. The molecule has 1 N–H and O–H groups in total. The number of hydrogen-bond donors (Lipinski definition) is 1. The number of carbonyl (C=O) groups excluding carboxylic acids is 1. The van der Waals surface area contributed by atoms with Crippen LogP contribution in [0, 0.1) is 5.92 Å². The van der Waals surface area contributed by atoms with Crippen molar-refractivity contribution in [2.75, 3.05) is 0 Å². The number of rotatable bonds is 10. The molecule has 0 rings (SSSR count). The summed E-state index contributed by atoms with van der Waals surface area (Å²) in [5, 5.41) is 20.4. The zero-order valence-electron chi connectivity index (χ0n) is 12.6. The minimum Gasteiger partial charge on any atom is -0.550 e. The summed E-state index contributed by atoms with van der Waals surface area (Å²) in [5.74, 6) is -1.79. The van der Waals surface area contributed by atoms with E-state index in [2.05, 4.69) is 0 Å². The maximum atomic E-state index is 11.1. The van der Waals surface area contributed by atoms with E-state index >= 15 is 0 Å². The quantitative estimate of drug-likeness (QED) is 0.482. The molecule has 19 heavy (non-hydrogen) atoms. The second kappa shape index (κ2) is 8.51. The summed E-state index contributed by atoms with van der Waals surface area (Å²) in [5.41, 5.74) is -0.663. The molecule has 0 radical (unpaired) electrons. The Hall–Kier alpha value is -0.650. The predicted octanol–water partition coefficient (Wildman–Crippen LogP) is 1.43. The molecule has 0 heterocycles. The molecule has 0 saturated carbocycles. The van der Waals surface area contributed by atoms with Gasteiger partial charge < -0.3 is 15.0 Å². The van der Waals surface area contributed by atoms with Crippen molar-refractivity contribution in [3.8, 4) is 0 Å². The minimum atomic E-state index is -1.11. The molecule has 0 aliphatic carbocycles. The van der Waals surface area contributed by atoms with E-state index in [-0.39, 0.29) is 0 Å². The van der Waals surface area contributed by atoms with Crippen LogP contribution in [0.15, 0.2) is 0 Å². The second-order valence-electron chi connectivity index (χ2n) is 5.77. The zero-order chi connectivity index (χ0) is 15.1. The number of hydrogen-bond acceptors (Lipinski definition) is 5. The van der Waals surface area contributed by atoms with E-state index in [1.807, 2.05) is 6.92 Å². The average molecular weight is 275 g/mol. The highest BCUT2D eigenvalue weighted by Crippen LogP contribution is 2.21. The van der Waals surface area contributed by atoms with Gasteiger partial charge >= 0.3 is 0 Å².